The van der Waals surface area contributed by atoms with E-state index in [2.05, 4.69) is 16.8 Å². The van der Waals surface area contributed by atoms with Crippen molar-refractivity contribution in [2.24, 2.45) is 5.14 Å². The molecule has 0 fully saturated rings. The number of nitrogens with zero attached hydrogens (tertiary/aromatic N) is 1. The normalized spacial score (nSPS) is 16.5. The van der Waals surface area contributed by atoms with Crippen molar-refractivity contribution in [2.45, 2.75) is 17.4 Å². The molecule has 0 radical (unpaired) electrons. The van der Waals surface area contributed by atoms with Gasteiger partial charge in [0, 0.05) is 17.1 Å². The molecule has 0 spiro atoms. The number of urea groups is 1. The van der Waals surface area contributed by atoms with Crippen LogP contribution in [0.1, 0.15) is 22.0 Å². The van der Waals surface area contributed by atoms with Gasteiger partial charge in [0.15, 0.2) is 0 Å². The fourth-order valence-electron chi connectivity index (χ4n) is 3.45. The predicted molar refractivity (Wildman–Crippen MR) is 110 cm³/mol. The lowest BCUT2D eigenvalue weighted by atomic mass is 9.93. The predicted octanol–water partition coefficient (Wildman–Crippen LogP) is 3.58. The lowest BCUT2D eigenvalue weighted by molar-refractivity contribution is 0.194. The van der Waals surface area contributed by atoms with Crippen LogP contribution in [0.25, 0.3) is 0 Å². The van der Waals surface area contributed by atoms with E-state index in [0.717, 1.165) is 17.5 Å². The van der Waals surface area contributed by atoms with Gasteiger partial charge in [-0.2, -0.15) is 0 Å². The first kappa shape index (κ1) is 18.7. The van der Waals surface area contributed by atoms with Gasteiger partial charge in [-0.3, -0.25) is 0 Å². The topological polar surface area (TPSA) is 92.5 Å². The van der Waals surface area contributed by atoms with Crippen LogP contribution in [0.4, 0.5) is 10.5 Å². The lowest BCUT2D eigenvalue weighted by Gasteiger charge is -2.36. The van der Waals surface area contributed by atoms with Crippen LogP contribution >= 0.6 is 11.3 Å². The van der Waals surface area contributed by atoms with E-state index in [1.807, 2.05) is 35.2 Å². The minimum atomic E-state index is -3.76. The number of benzene rings is 2. The van der Waals surface area contributed by atoms with Crippen molar-refractivity contribution in [3.63, 3.8) is 0 Å². The van der Waals surface area contributed by atoms with Crippen LogP contribution in [0, 0.1) is 0 Å². The first-order valence-corrected chi connectivity index (χ1v) is 11.2. The van der Waals surface area contributed by atoms with Gasteiger partial charge in [0.05, 0.1) is 10.9 Å². The molecule has 2 amide bonds. The maximum absolute atomic E-state index is 13.0. The Balaban J connectivity index is 1.61. The molecule has 3 aromatic rings. The molecule has 6 nitrogen and oxygen atoms in total. The van der Waals surface area contributed by atoms with Crippen molar-refractivity contribution in [3.8, 4) is 0 Å². The van der Waals surface area contributed by atoms with Crippen molar-refractivity contribution < 1.29 is 13.2 Å². The van der Waals surface area contributed by atoms with Crippen LogP contribution in [-0.4, -0.2) is 25.9 Å². The first-order valence-electron chi connectivity index (χ1n) is 8.75. The standard InChI is InChI=1S/C20H19N3O3S2/c21-28(25,26)16-8-6-15(7-9-16)22-20(24)23-12-10-18-17(11-13-27-18)19(23)14-4-2-1-3-5-14/h1-9,11,13,19H,10,12H2,(H,22,24)(H2,21,25,26)/t19-/m1/s1. The van der Waals surface area contributed by atoms with Crippen molar-refractivity contribution in [1.29, 1.82) is 0 Å². The van der Waals surface area contributed by atoms with Crippen LogP contribution in [0.5, 0.6) is 0 Å². The van der Waals surface area contributed by atoms with Crippen molar-refractivity contribution in [2.75, 3.05) is 11.9 Å². The lowest BCUT2D eigenvalue weighted by Crippen LogP contribution is -2.42. The van der Waals surface area contributed by atoms with E-state index in [1.54, 1.807) is 11.3 Å². The number of carbonyl (C=O) groups excluding carboxylic acids is 1. The smallest absolute Gasteiger partial charge is 0.313 e. The highest BCUT2D eigenvalue weighted by Crippen LogP contribution is 2.38. The van der Waals surface area contributed by atoms with Crippen LogP contribution in [0.15, 0.2) is 70.9 Å². The molecule has 0 saturated heterocycles. The van der Waals surface area contributed by atoms with Gasteiger partial charge in [0.2, 0.25) is 10.0 Å². The third-order valence-corrected chi connectivity index (χ3v) is 6.70. The number of hydrogen-bond acceptors (Lipinski definition) is 4. The maximum Gasteiger partial charge on any atom is 0.322 e. The summed E-state index contributed by atoms with van der Waals surface area (Å²) in [5.41, 5.74) is 2.73. The molecule has 144 valence electrons. The molecule has 0 saturated carbocycles. The Morgan fingerprint density at radius 3 is 2.46 bits per heavy atom. The molecular formula is C20H19N3O3S2. The highest BCUT2D eigenvalue weighted by molar-refractivity contribution is 7.89. The van der Waals surface area contributed by atoms with E-state index >= 15 is 0 Å². The number of thiophene rings is 1. The molecule has 3 N–H and O–H groups in total. The zero-order valence-corrected chi connectivity index (χ0v) is 16.5. The molecule has 1 aliphatic heterocycles. The molecule has 1 atom stereocenters. The summed E-state index contributed by atoms with van der Waals surface area (Å²) in [5.74, 6) is 0. The number of rotatable bonds is 3. The molecular weight excluding hydrogens is 394 g/mol. The van der Waals surface area contributed by atoms with E-state index in [9.17, 15) is 13.2 Å². The Hall–Kier alpha value is -2.68. The molecule has 0 unspecified atom stereocenters. The zero-order valence-electron chi connectivity index (χ0n) is 14.9. The van der Waals surface area contributed by atoms with E-state index in [0.29, 0.717) is 12.2 Å². The Bertz CT molecular complexity index is 1090. The SMILES string of the molecule is NS(=O)(=O)c1ccc(NC(=O)N2CCc3sccc3[C@H]2c2ccccc2)cc1. The van der Waals surface area contributed by atoms with Gasteiger partial charge in [-0.25, -0.2) is 18.4 Å². The summed E-state index contributed by atoms with van der Waals surface area (Å²) in [6.07, 6.45) is 0.814. The van der Waals surface area contributed by atoms with E-state index in [4.69, 9.17) is 5.14 Å². The summed E-state index contributed by atoms with van der Waals surface area (Å²) in [7, 11) is -3.76. The minimum Gasteiger partial charge on any atom is -0.313 e. The van der Waals surface area contributed by atoms with Gasteiger partial charge in [-0.15, -0.1) is 11.3 Å². The highest BCUT2D eigenvalue weighted by atomic mass is 32.2. The van der Waals surface area contributed by atoms with E-state index < -0.39 is 10.0 Å². The molecule has 0 aliphatic carbocycles. The first-order chi connectivity index (χ1) is 13.4. The van der Waals surface area contributed by atoms with Crippen molar-refractivity contribution in [1.82, 2.24) is 4.90 Å². The maximum atomic E-state index is 13.0. The van der Waals surface area contributed by atoms with Gasteiger partial charge in [-0.05, 0) is 53.3 Å². The third-order valence-electron chi connectivity index (χ3n) is 4.78. The fourth-order valence-corrected chi connectivity index (χ4v) is 4.87. The number of primary sulfonamides is 1. The second-order valence-corrected chi connectivity index (χ2v) is 9.12. The summed E-state index contributed by atoms with van der Waals surface area (Å²) in [6, 6.07) is 17.5. The van der Waals surface area contributed by atoms with Crippen LogP contribution in [0.3, 0.4) is 0 Å². The summed E-state index contributed by atoms with van der Waals surface area (Å²) in [5, 5.41) is 10.1. The minimum absolute atomic E-state index is 0.00792. The Morgan fingerprint density at radius 2 is 1.79 bits per heavy atom. The molecule has 28 heavy (non-hydrogen) atoms. The van der Waals surface area contributed by atoms with E-state index in [-0.39, 0.29) is 17.0 Å². The molecule has 4 rings (SSSR count). The summed E-state index contributed by atoms with van der Waals surface area (Å²) < 4.78 is 22.8. The molecule has 0 bridgehead atoms. The summed E-state index contributed by atoms with van der Waals surface area (Å²) >= 11 is 1.72. The van der Waals surface area contributed by atoms with Gasteiger partial charge < -0.3 is 10.2 Å². The van der Waals surface area contributed by atoms with Crippen LogP contribution in [0.2, 0.25) is 0 Å². The zero-order chi connectivity index (χ0) is 19.7. The number of fused-ring (bicyclic) bond motifs is 1. The summed E-state index contributed by atoms with van der Waals surface area (Å²) in [6.45, 7) is 0.605. The van der Waals surface area contributed by atoms with Crippen molar-refractivity contribution >= 4 is 33.1 Å². The fraction of sp³-hybridized carbons (Fsp3) is 0.150. The number of amides is 2. The average Bonchev–Trinajstić information content (AvgIpc) is 3.16. The highest BCUT2D eigenvalue weighted by Gasteiger charge is 2.32. The summed E-state index contributed by atoms with van der Waals surface area (Å²) in [4.78, 5) is 16.2. The monoisotopic (exact) mass is 413 g/mol. The third kappa shape index (κ3) is 3.66. The number of anilines is 1. The average molecular weight is 414 g/mol. The van der Waals surface area contributed by atoms with Gasteiger partial charge in [-0.1, -0.05) is 30.3 Å². The van der Waals surface area contributed by atoms with Gasteiger partial charge >= 0.3 is 6.03 Å². The number of hydrogen-bond donors (Lipinski definition) is 2. The van der Waals surface area contributed by atoms with Crippen LogP contribution in [-0.2, 0) is 16.4 Å². The second-order valence-electron chi connectivity index (χ2n) is 6.56. The largest absolute Gasteiger partial charge is 0.322 e. The number of nitrogens with one attached hydrogen (secondary N) is 1. The molecule has 2 heterocycles. The number of nitrogens with two attached hydrogens (primary N) is 1. The molecule has 1 aliphatic rings. The quantitative estimate of drug-likeness (QED) is 0.687. The molecule has 1 aromatic heterocycles. The van der Waals surface area contributed by atoms with E-state index in [1.165, 1.54) is 29.1 Å². The number of sulfonamides is 1. The molecule has 2 aromatic carbocycles. The second kappa shape index (κ2) is 7.38. The Morgan fingerprint density at radius 1 is 1.07 bits per heavy atom. The molecule has 8 heteroatoms. The van der Waals surface area contributed by atoms with Gasteiger partial charge in [0.1, 0.15) is 0 Å². The Labute approximate surface area is 167 Å². The number of carbonyl (C=O) groups is 1. The van der Waals surface area contributed by atoms with Crippen molar-refractivity contribution in [3.05, 3.63) is 82.0 Å². The van der Waals surface area contributed by atoms with Gasteiger partial charge in [0.25, 0.3) is 0 Å². The van der Waals surface area contributed by atoms with Crippen LogP contribution < -0.4 is 10.5 Å². The Kier molecular flexibility index (Phi) is 4.92.